The lowest BCUT2D eigenvalue weighted by Crippen LogP contribution is -2.46. The van der Waals surface area contributed by atoms with E-state index in [2.05, 4.69) is 10.6 Å². The molecule has 244 valence electrons. The second-order valence-corrected chi connectivity index (χ2v) is 12.4. The maximum absolute atomic E-state index is 13.9. The van der Waals surface area contributed by atoms with Crippen LogP contribution in [0.15, 0.2) is 108 Å². The van der Waals surface area contributed by atoms with E-state index in [4.69, 9.17) is 4.74 Å². The second-order valence-electron chi connectivity index (χ2n) is 12.4. The van der Waals surface area contributed by atoms with Crippen LogP contribution in [0.2, 0.25) is 0 Å². The summed E-state index contributed by atoms with van der Waals surface area (Å²) in [5, 5.41) is 17.5. The van der Waals surface area contributed by atoms with E-state index in [1.807, 2.05) is 66.7 Å². The summed E-state index contributed by atoms with van der Waals surface area (Å²) in [6.07, 6.45) is 3.06. The first kappa shape index (κ1) is 32.2. The van der Waals surface area contributed by atoms with Crippen LogP contribution in [0.4, 0.5) is 5.69 Å². The van der Waals surface area contributed by atoms with Crippen LogP contribution in [-0.2, 0) is 39.2 Å². The lowest BCUT2D eigenvalue weighted by atomic mass is 9.94. The third-order valence-electron chi connectivity index (χ3n) is 9.07. The highest BCUT2D eigenvalue weighted by molar-refractivity contribution is 5.98. The average Bonchev–Trinajstić information content (AvgIpc) is 3.91. The van der Waals surface area contributed by atoms with Crippen LogP contribution in [0.5, 0.6) is 5.75 Å². The third-order valence-corrected chi connectivity index (χ3v) is 9.07. The first-order chi connectivity index (χ1) is 23.1. The number of ether oxygens (including phenoxy) is 1. The molecule has 1 heterocycles. The van der Waals surface area contributed by atoms with E-state index < -0.39 is 23.3 Å². The number of methoxy groups -OCH3 is 1. The van der Waals surface area contributed by atoms with Crippen LogP contribution in [0, 0.1) is 6.92 Å². The lowest BCUT2D eigenvalue weighted by molar-refractivity contribution is -0.140. The van der Waals surface area contributed by atoms with Gasteiger partial charge in [0.15, 0.2) is 0 Å². The summed E-state index contributed by atoms with van der Waals surface area (Å²) in [5.41, 5.74) is 2.67. The maximum atomic E-state index is 13.9. The van der Waals surface area contributed by atoms with Crippen molar-refractivity contribution in [2.75, 3.05) is 12.4 Å². The molecule has 1 saturated carbocycles. The van der Waals surface area contributed by atoms with Gasteiger partial charge in [-0.05, 0) is 76.6 Å². The van der Waals surface area contributed by atoms with Crippen molar-refractivity contribution in [3.63, 3.8) is 0 Å². The van der Waals surface area contributed by atoms with Gasteiger partial charge < -0.3 is 25.0 Å². The minimum absolute atomic E-state index is 0.0632. The molecule has 1 aromatic heterocycles. The van der Waals surface area contributed by atoms with Gasteiger partial charge >= 0.3 is 5.97 Å². The topological polar surface area (TPSA) is 127 Å². The Bertz CT molecular complexity index is 2050. The number of rotatable bonds is 12. The largest absolute Gasteiger partial charge is 0.497 e. The predicted molar refractivity (Wildman–Crippen MR) is 184 cm³/mol. The Morgan fingerprint density at radius 1 is 0.875 bits per heavy atom. The number of nitrogens with zero attached hydrogens (tertiary/aromatic N) is 1. The Labute approximate surface area is 278 Å². The van der Waals surface area contributed by atoms with Crippen LogP contribution < -0.4 is 20.9 Å². The Kier molecular flexibility index (Phi) is 9.12. The molecule has 0 saturated heterocycles. The first-order valence-electron chi connectivity index (χ1n) is 15.9. The summed E-state index contributed by atoms with van der Waals surface area (Å²) in [6, 6.07) is 29.0. The number of aryl methyl sites for hydroxylation is 1. The van der Waals surface area contributed by atoms with E-state index in [1.54, 1.807) is 50.6 Å². The van der Waals surface area contributed by atoms with E-state index in [-0.39, 0.29) is 30.0 Å². The molecule has 4 aromatic carbocycles. The van der Waals surface area contributed by atoms with E-state index >= 15 is 0 Å². The molecule has 1 unspecified atom stereocenters. The fraction of sp³-hybridized carbons (Fsp3) is 0.231. The first-order valence-corrected chi connectivity index (χ1v) is 15.9. The van der Waals surface area contributed by atoms with Crippen LogP contribution in [-0.4, -0.2) is 40.6 Å². The predicted octanol–water partition coefficient (Wildman–Crippen LogP) is 5.39. The summed E-state index contributed by atoms with van der Waals surface area (Å²) in [4.78, 5) is 52.7. The molecule has 0 aliphatic heterocycles. The Morgan fingerprint density at radius 2 is 1.54 bits per heavy atom. The van der Waals surface area contributed by atoms with Gasteiger partial charge in [-0.2, -0.15) is 0 Å². The van der Waals surface area contributed by atoms with Gasteiger partial charge in [-0.15, -0.1) is 0 Å². The standard InChI is InChI=1S/C39H37N3O6/c1-25-17-20-42(24-27-10-15-32(48-2)16-11-27)37(45)35(25)41-36(44)33(22-26-8-13-31(14-9-26)39(18-19-39)38(46)47)40-34(43)23-28-7-12-29-5-3-4-6-30(29)21-28/h3-17,20-21,33H,18-19,22-24H2,1-2H3,(H,40,43)(H,41,44)(H,46,47). The number of hydrogen-bond donors (Lipinski definition) is 3. The number of pyridine rings is 1. The number of carboxylic acids is 1. The Balaban J connectivity index is 1.23. The van der Waals surface area contributed by atoms with Gasteiger partial charge in [0.05, 0.1) is 25.5 Å². The molecular formula is C39H37N3O6. The fourth-order valence-corrected chi connectivity index (χ4v) is 6.01. The lowest BCUT2D eigenvalue weighted by Gasteiger charge is -2.20. The van der Waals surface area contributed by atoms with E-state index in [9.17, 15) is 24.3 Å². The third kappa shape index (κ3) is 7.00. The molecule has 48 heavy (non-hydrogen) atoms. The molecule has 1 aliphatic carbocycles. The van der Waals surface area contributed by atoms with Gasteiger partial charge in [0, 0.05) is 12.6 Å². The molecule has 1 atom stereocenters. The van der Waals surface area contributed by atoms with E-state index in [0.29, 0.717) is 30.7 Å². The number of benzene rings is 4. The minimum Gasteiger partial charge on any atom is -0.497 e. The molecule has 6 rings (SSSR count). The van der Waals surface area contributed by atoms with Crippen molar-refractivity contribution in [3.8, 4) is 5.75 Å². The van der Waals surface area contributed by atoms with Crippen LogP contribution in [0.3, 0.4) is 0 Å². The summed E-state index contributed by atoms with van der Waals surface area (Å²) in [7, 11) is 1.59. The van der Waals surface area contributed by atoms with Gasteiger partial charge in [-0.3, -0.25) is 19.2 Å². The number of aromatic nitrogens is 1. The number of amides is 2. The number of anilines is 1. The maximum Gasteiger partial charge on any atom is 0.314 e. The molecule has 9 nitrogen and oxygen atoms in total. The molecule has 2 amide bonds. The molecule has 0 radical (unpaired) electrons. The molecule has 5 aromatic rings. The molecule has 0 bridgehead atoms. The SMILES string of the molecule is COc1ccc(Cn2ccc(C)c(NC(=O)C(Cc3ccc(C4(C(=O)O)CC4)cc3)NC(=O)Cc3ccc4ccccc4c3)c2=O)cc1. The fourth-order valence-electron chi connectivity index (χ4n) is 6.01. The highest BCUT2D eigenvalue weighted by Gasteiger charge is 2.51. The van der Waals surface area contributed by atoms with Crippen LogP contribution in [0.1, 0.15) is 40.7 Å². The van der Waals surface area contributed by atoms with Crippen molar-refractivity contribution in [1.82, 2.24) is 9.88 Å². The van der Waals surface area contributed by atoms with Crippen molar-refractivity contribution in [1.29, 1.82) is 0 Å². The van der Waals surface area contributed by atoms with Gasteiger partial charge in [-0.25, -0.2) is 0 Å². The summed E-state index contributed by atoms with van der Waals surface area (Å²) in [5.74, 6) is -1.01. The van der Waals surface area contributed by atoms with Gasteiger partial charge in [0.25, 0.3) is 5.56 Å². The summed E-state index contributed by atoms with van der Waals surface area (Å²) in [6.45, 7) is 2.04. The quantitative estimate of drug-likeness (QED) is 0.167. The van der Waals surface area contributed by atoms with Crippen molar-refractivity contribution < 1.29 is 24.2 Å². The number of nitrogens with one attached hydrogen (secondary N) is 2. The number of hydrogen-bond acceptors (Lipinski definition) is 5. The number of aliphatic carboxylic acids is 1. The van der Waals surface area contributed by atoms with Crippen molar-refractivity contribution in [2.24, 2.45) is 0 Å². The Hall–Kier alpha value is -5.70. The smallest absolute Gasteiger partial charge is 0.314 e. The Morgan fingerprint density at radius 3 is 2.21 bits per heavy atom. The van der Waals surface area contributed by atoms with Crippen molar-refractivity contribution in [3.05, 3.63) is 141 Å². The van der Waals surface area contributed by atoms with Gasteiger partial charge in [-0.1, -0.05) is 78.9 Å². The summed E-state index contributed by atoms with van der Waals surface area (Å²) >= 11 is 0. The normalized spacial score (nSPS) is 13.8. The molecule has 1 fully saturated rings. The van der Waals surface area contributed by atoms with Gasteiger partial charge in [0.2, 0.25) is 11.8 Å². The van der Waals surface area contributed by atoms with Crippen LogP contribution in [0.25, 0.3) is 10.8 Å². The summed E-state index contributed by atoms with van der Waals surface area (Å²) < 4.78 is 6.75. The zero-order chi connectivity index (χ0) is 33.8. The van der Waals surface area contributed by atoms with E-state index in [0.717, 1.165) is 33.0 Å². The number of carbonyl (C=O) groups excluding carboxylic acids is 2. The number of carboxylic acid groups (broad SMARTS) is 1. The monoisotopic (exact) mass is 643 g/mol. The van der Waals surface area contributed by atoms with Gasteiger partial charge in [0.1, 0.15) is 17.5 Å². The van der Waals surface area contributed by atoms with Crippen molar-refractivity contribution >= 4 is 34.2 Å². The van der Waals surface area contributed by atoms with Crippen LogP contribution >= 0.6 is 0 Å². The average molecular weight is 644 g/mol. The highest BCUT2D eigenvalue weighted by atomic mass is 16.5. The molecule has 3 N–H and O–H groups in total. The number of fused-ring (bicyclic) bond motifs is 1. The minimum atomic E-state index is -1.01. The number of carbonyl (C=O) groups is 3. The highest BCUT2D eigenvalue weighted by Crippen LogP contribution is 2.48. The molecule has 0 spiro atoms. The van der Waals surface area contributed by atoms with Crippen molar-refractivity contribution in [2.45, 2.75) is 50.6 Å². The second kappa shape index (κ2) is 13.6. The zero-order valence-electron chi connectivity index (χ0n) is 26.9. The molecular weight excluding hydrogens is 606 g/mol. The van der Waals surface area contributed by atoms with E-state index in [1.165, 1.54) is 4.57 Å². The molecule has 9 heteroatoms. The molecule has 1 aliphatic rings. The zero-order valence-corrected chi connectivity index (χ0v) is 26.9.